The third-order valence-corrected chi connectivity index (χ3v) is 6.20. The second kappa shape index (κ2) is 10.7. The van der Waals surface area contributed by atoms with Gasteiger partial charge in [0.2, 0.25) is 11.8 Å². The van der Waals surface area contributed by atoms with Gasteiger partial charge < -0.3 is 24.0 Å². The molecule has 1 fully saturated rings. The zero-order valence-corrected chi connectivity index (χ0v) is 20.1. The number of likely N-dealkylation sites (N-methyl/N-ethyl adjacent to an activating group) is 1. The van der Waals surface area contributed by atoms with E-state index in [9.17, 15) is 0 Å². The first-order chi connectivity index (χ1) is 17.2. The molecule has 0 aliphatic carbocycles. The van der Waals surface area contributed by atoms with E-state index in [1.54, 1.807) is 7.11 Å². The Morgan fingerprint density at radius 3 is 2.60 bits per heavy atom. The van der Waals surface area contributed by atoms with Crippen LogP contribution in [0.5, 0.6) is 23.3 Å². The van der Waals surface area contributed by atoms with Crippen LogP contribution in [-0.4, -0.2) is 83.5 Å². The number of aromatic nitrogens is 4. The molecule has 1 aliphatic heterocycles. The van der Waals surface area contributed by atoms with Crippen LogP contribution in [-0.2, 0) is 0 Å². The van der Waals surface area contributed by atoms with Gasteiger partial charge >= 0.3 is 0 Å². The third-order valence-electron chi connectivity index (χ3n) is 6.20. The first-order valence-corrected chi connectivity index (χ1v) is 11.8. The van der Waals surface area contributed by atoms with Crippen molar-refractivity contribution < 1.29 is 14.2 Å². The van der Waals surface area contributed by atoms with E-state index in [1.807, 2.05) is 48.5 Å². The normalized spacial score (nSPS) is 14.8. The molecule has 0 spiro atoms. The monoisotopic (exact) mass is 474 g/mol. The summed E-state index contributed by atoms with van der Waals surface area (Å²) in [5, 5.41) is 8.01. The number of hydrogen-bond acceptors (Lipinski definition) is 8. The number of ether oxygens (including phenoxy) is 3. The molecule has 9 nitrogen and oxygen atoms in total. The predicted molar refractivity (Wildman–Crippen MR) is 134 cm³/mol. The molecule has 0 saturated carbocycles. The summed E-state index contributed by atoms with van der Waals surface area (Å²) in [6.07, 6.45) is 2.43. The summed E-state index contributed by atoms with van der Waals surface area (Å²) in [4.78, 5) is 13.6. The largest absolute Gasteiger partial charge is 0.493 e. The van der Waals surface area contributed by atoms with E-state index in [0.29, 0.717) is 35.4 Å². The van der Waals surface area contributed by atoms with Crippen LogP contribution in [0.25, 0.3) is 22.2 Å². The molecule has 182 valence electrons. The van der Waals surface area contributed by atoms with Crippen molar-refractivity contribution >= 4 is 10.9 Å². The van der Waals surface area contributed by atoms with E-state index in [4.69, 9.17) is 14.2 Å². The Kier molecular flexibility index (Phi) is 7.06. The molecule has 0 unspecified atom stereocenters. The van der Waals surface area contributed by atoms with Gasteiger partial charge in [0.25, 0.3) is 0 Å². The average Bonchev–Trinajstić information content (AvgIpc) is 3.36. The molecule has 2 aromatic carbocycles. The molecule has 4 aromatic rings. The Balaban J connectivity index is 1.27. The van der Waals surface area contributed by atoms with Gasteiger partial charge in [0.1, 0.15) is 6.33 Å². The van der Waals surface area contributed by atoms with Gasteiger partial charge in [-0.05, 0) is 25.1 Å². The molecule has 1 N–H and O–H groups in total. The van der Waals surface area contributed by atoms with Gasteiger partial charge in [0, 0.05) is 44.9 Å². The fourth-order valence-electron chi connectivity index (χ4n) is 4.16. The van der Waals surface area contributed by atoms with Crippen LogP contribution in [0.4, 0.5) is 0 Å². The van der Waals surface area contributed by atoms with Gasteiger partial charge in [0.15, 0.2) is 11.5 Å². The van der Waals surface area contributed by atoms with E-state index in [2.05, 4.69) is 37.0 Å². The van der Waals surface area contributed by atoms with Crippen molar-refractivity contribution in [1.29, 1.82) is 0 Å². The van der Waals surface area contributed by atoms with Crippen LogP contribution in [0, 0.1) is 0 Å². The molecule has 1 saturated heterocycles. The van der Waals surface area contributed by atoms with Crippen molar-refractivity contribution in [2.75, 3.05) is 53.5 Å². The zero-order chi connectivity index (χ0) is 24.0. The van der Waals surface area contributed by atoms with E-state index >= 15 is 0 Å². The van der Waals surface area contributed by atoms with Crippen LogP contribution in [0.3, 0.4) is 0 Å². The molecule has 0 radical (unpaired) electrons. The molecular formula is C26H30N6O3. The summed E-state index contributed by atoms with van der Waals surface area (Å²) in [7, 11) is 3.80. The van der Waals surface area contributed by atoms with Crippen molar-refractivity contribution in [3.05, 3.63) is 54.9 Å². The topological polar surface area (TPSA) is 88.6 Å². The first kappa shape index (κ1) is 23.1. The minimum atomic E-state index is 0.404. The number of piperazine rings is 1. The van der Waals surface area contributed by atoms with Crippen molar-refractivity contribution in [1.82, 2.24) is 30.0 Å². The third kappa shape index (κ3) is 5.52. The van der Waals surface area contributed by atoms with Crippen molar-refractivity contribution in [3.63, 3.8) is 0 Å². The number of methoxy groups -OCH3 is 1. The molecular weight excluding hydrogens is 444 g/mol. The minimum Gasteiger partial charge on any atom is -0.493 e. The van der Waals surface area contributed by atoms with Gasteiger partial charge in [0.05, 0.1) is 30.3 Å². The van der Waals surface area contributed by atoms with Crippen LogP contribution < -0.4 is 14.2 Å². The van der Waals surface area contributed by atoms with E-state index in [0.717, 1.165) is 55.8 Å². The summed E-state index contributed by atoms with van der Waals surface area (Å²) < 4.78 is 17.7. The molecule has 0 atom stereocenters. The Hall–Kier alpha value is -3.69. The number of H-pyrrole nitrogens is 1. The van der Waals surface area contributed by atoms with Crippen LogP contribution in [0.1, 0.15) is 6.42 Å². The molecule has 0 bridgehead atoms. The van der Waals surface area contributed by atoms with Crippen LogP contribution in [0.2, 0.25) is 0 Å². The van der Waals surface area contributed by atoms with Gasteiger partial charge in [-0.15, -0.1) is 5.10 Å². The molecule has 1 aliphatic rings. The lowest BCUT2D eigenvalue weighted by Gasteiger charge is -2.32. The summed E-state index contributed by atoms with van der Waals surface area (Å²) in [6.45, 7) is 6.10. The van der Waals surface area contributed by atoms with Gasteiger partial charge in [-0.3, -0.25) is 5.10 Å². The lowest BCUT2D eigenvalue weighted by atomic mass is 10.2. The Labute approximate surface area is 204 Å². The second-order valence-electron chi connectivity index (χ2n) is 8.63. The number of nitrogens with one attached hydrogen (secondary N) is 1. The number of nitrogens with zero attached hydrogens (tertiary/aromatic N) is 5. The fourth-order valence-corrected chi connectivity index (χ4v) is 4.16. The SMILES string of the molecule is COc1cc2c(Oc3cc(-c4ccccc4)[nH]n3)ncnc2cc1OCCCN1CCN(C)CC1. The highest BCUT2D eigenvalue weighted by molar-refractivity contribution is 5.87. The molecule has 3 heterocycles. The maximum atomic E-state index is 6.08. The summed E-state index contributed by atoms with van der Waals surface area (Å²) in [6, 6.07) is 15.5. The van der Waals surface area contributed by atoms with Crippen molar-refractivity contribution in [3.8, 4) is 34.5 Å². The highest BCUT2D eigenvalue weighted by Gasteiger charge is 2.16. The van der Waals surface area contributed by atoms with E-state index in [1.165, 1.54) is 6.33 Å². The first-order valence-electron chi connectivity index (χ1n) is 11.8. The average molecular weight is 475 g/mol. The number of hydrogen-bond donors (Lipinski definition) is 1. The Bertz CT molecular complexity index is 1250. The standard InChI is InChI=1S/C26H30N6O3/c1-31-10-12-32(13-11-31)9-6-14-34-24-16-22-20(15-23(24)33-2)26(28-18-27-22)35-25-17-21(29-30-25)19-7-4-3-5-8-19/h3-5,7-8,15-18H,6,9-14H2,1-2H3,(H,29,30). The summed E-state index contributed by atoms with van der Waals surface area (Å²) in [5.41, 5.74) is 2.60. The van der Waals surface area contributed by atoms with E-state index in [-0.39, 0.29) is 0 Å². The van der Waals surface area contributed by atoms with Crippen LogP contribution in [0.15, 0.2) is 54.9 Å². The van der Waals surface area contributed by atoms with Gasteiger partial charge in [-0.2, -0.15) is 0 Å². The number of rotatable bonds is 9. The molecule has 9 heteroatoms. The number of benzene rings is 2. The lowest BCUT2D eigenvalue weighted by molar-refractivity contribution is 0.145. The molecule has 0 amide bonds. The maximum Gasteiger partial charge on any atom is 0.240 e. The van der Waals surface area contributed by atoms with Crippen LogP contribution >= 0.6 is 0 Å². The smallest absolute Gasteiger partial charge is 0.240 e. The Morgan fingerprint density at radius 1 is 0.971 bits per heavy atom. The summed E-state index contributed by atoms with van der Waals surface area (Å²) in [5.74, 6) is 2.10. The highest BCUT2D eigenvalue weighted by atomic mass is 16.5. The lowest BCUT2D eigenvalue weighted by Crippen LogP contribution is -2.44. The van der Waals surface area contributed by atoms with Gasteiger partial charge in [-0.1, -0.05) is 30.3 Å². The van der Waals surface area contributed by atoms with Crippen molar-refractivity contribution in [2.24, 2.45) is 0 Å². The minimum absolute atomic E-state index is 0.404. The molecule has 2 aromatic heterocycles. The number of fused-ring (bicyclic) bond motifs is 1. The quantitative estimate of drug-likeness (QED) is 0.366. The predicted octanol–water partition coefficient (Wildman–Crippen LogP) is 3.84. The maximum absolute atomic E-state index is 6.08. The van der Waals surface area contributed by atoms with Crippen molar-refractivity contribution in [2.45, 2.75) is 6.42 Å². The highest BCUT2D eigenvalue weighted by Crippen LogP contribution is 2.36. The summed E-state index contributed by atoms with van der Waals surface area (Å²) >= 11 is 0. The van der Waals surface area contributed by atoms with E-state index < -0.39 is 0 Å². The number of aromatic amines is 1. The molecule has 35 heavy (non-hydrogen) atoms. The second-order valence-corrected chi connectivity index (χ2v) is 8.63. The molecule has 5 rings (SSSR count). The fraction of sp³-hybridized carbons (Fsp3) is 0.346. The van der Waals surface area contributed by atoms with Gasteiger partial charge in [-0.25, -0.2) is 9.97 Å². The zero-order valence-electron chi connectivity index (χ0n) is 20.1. The Morgan fingerprint density at radius 2 is 1.80 bits per heavy atom.